The summed E-state index contributed by atoms with van der Waals surface area (Å²) in [6.45, 7) is 4.87. The molecule has 5 heteroatoms. The third kappa shape index (κ3) is 6.67. The largest absolute Gasteiger partial charge is 0.508 e. The predicted molar refractivity (Wildman–Crippen MR) is 77.7 cm³/mol. The SMILES string of the molecule is CCNC(=NCCOC)NCCc1cccc(O)c1. The van der Waals surface area contributed by atoms with E-state index in [9.17, 15) is 5.11 Å². The summed E-state index contributed by atoms with van der Waals surface area (Å²) in [6, 6.07) is 7.29. The Bertz CT molecular complexity index is 394. The minimum absolute atomic E-state index is 0.304. The number of guanidine groups is 1. The number of aliphatic imine (C=N–C) groups is 1. The molecule has 106 valence electrons. The lowest BCUT2D eigenvalue weighted by Crippen LogP contribution is -2.38. The van der Waals surface area contributed by atoms with E-state index in [2.05, 4.69) is 15.6 Å². The molecule has 1 aromatic rings. The van der Waals surface area contributed by atoms with Gasteiger partial charge in [-0.05, 0) is 31.0 Å². The molecule has 5 nitrogen and oxygen atoms in total. The van der Waals surface area contributed by atoms with Gasteiger partial charge >= 0.3 is 0 Å². The fourth-order valence-corrected chi connectivity index (χ4v) is 1.63. The Labute approximate surface area is 114 Å². The molecule has 1 aromatic carbocycles. The van der Waals surface area contributed by atoms with Crippen LogP contribution >= 0.6 is 0 Å². The normalized spacial score (nSPS) is 11.4. The lowest BCUT2D eigenvalue weighted by Gasteiger charge is -2.11. The first-order valence-electron chi connectivity index (χ1n) is 6.55. The number of aromatic hydroxyl groups is 1. The predicted octanol–water partition coefficient (Wildman–Crippen LogP) is 1.14. The third-order valence-corrected chi connectivity index (χ3v) is 2.53. The minimum Gasteiger partial charge on any atom is -0.508 e. The summed E-state index contributed by atoms with van der Waals surface area (Å²) in [5.74, 6) is 1.10. The van der Waals surface area contributed by atoms with Crippen molar-refractivity contribution in [3.63, 3.8) is 0 Å². The van der Waals surface area contributed by atoms with Crippen LogP contribution in [0.4, 0.5) is 0 Å². The zero-order chi connectivity index (χ0) is 13.9. The number of benzene rings is 1. The number of rotatable bonds is 7. The summed E-state index contributed by atoms with van der Waals surface area (Å²) in [5, 5.41) is 15.8. The van der Waals surface area contributed by atoms with E-state index in [1.165, 1.54) is 0 Å². The number of ether oxygens (including phenoxy) is 1. The van der Waals surface area contributed by atoms with Gasteiger partial charge in [0.2, 0.25) is 0 Å². The Balaban J connectivity index is 2.37. The number of phenols is 1. The van der Waals surface area contributed by atoms with Crippen molar-refractivity contribution in [1.29, 1.82) is 0 Å². The molecule has 1 rings (SSSR count). The molecule has 0 heterocycles. The second-order valence-electron chi connectivity index (χ2n) is 4.10. The third-order valence-electron chi connectivity index (χ3n) is 2.53. The molecule has 0 fully saturated rings. The Morgan fingerprint density at radius 3 is 2.89 bits per heavy atom. The van der Waals surface area contributed by atoms with Crippen LogP contribution in [0, 0.1) is 0 Å². The van der Waals surface area contributed by atoms with Gasteiger partial charge in [0.05, 0.1) is 13.2 Å². The molecule has 0 aliphatic rings. The van der Waals surface area contributed by atoms with Crippen molar-refractivity contribution in [2.24, 2.45) is 4.99 Å². The highest BCUT2D eigenvalue weighted by molar-refractivity contribution is 5.79. The molecule has 0 spiro atoms. The highest BCUT2D eigenvalue weighted by Gasteiger charge is 1.98. The second-order valence-corrected chi connectivity index (χ2v) is 4.10. The number of hydrogen-bond donors (Lipinski definition) is 3. The smallest absolute Gasteiger partial charge is 0.191 e. The molecule has 0 saturated heterocycles. The van der Waals surface area contributed by atoms with Gasteiger partial charge < -0.3 is 20.5 Å². The molecule has 0 radical (unpaired) electrons. The van der Waals surface area contributed by atoms with Crippen LogP contribution < -0.4 is 10.6 Å². The van der Waals surface area contributed by atoms with Crippen LogP contribution in [-0.2, 0) is 11.2 Å². The average Bonchev–Trinajstić information content (AvgIpc) is 2.39. The van der Waals surface area contributed by atoms with Crippen LogP contribution in [-0.4, -0.2) is 44.4 Å². The van der Waals surface area contributed by atoms with Crippen LogP contribution in [0.5, 0.6) is 5.75 Å². The van der Waals surface area contributed by atoms with Crippen LogP contribution in [0.1, 0.15) is 12.5 Å². The molecule has 0 atom stereocenters. The molecule has 0 aromatic heterocycles. The van der Waals surface area contributed by atoms with Crippen molar-refractivity contribution >= 4 is 5.96 Å². The maximum atomic E-state index is 9.38. The number of hydrogen-bond acceptors (Lipinski definition) is 3. The Morgan fingerprint density at radius 2 is 2.21 bits per heavy atom. The van der Waals surface area contributed by atoms with E-state index in [-0.39, 0.29) is 0 Å². The molecule has 19 heavy (non-hydrogen) atoms. The number of phenolic OH excluding ortho intramolecular Hbond substituents is 1. The number of nitrogens with zero attached hydrogens (tertiary/aromatic N) is 1. The molecule has 0 aliphatic heterocycles. The number of methoxy groups -OCH3 is 1. The fourth-order valence-electron chi connectivity index (χ4n) is 1.63. The van der Waals surface area contributed by atoms with Crippen molar-refractivity contribution in [2.45, 2.75) is 13.3 Å². The molecule has 3 N–H and O–H groups in total. The van der Waals surface area contributed by atoms with Crippen molar-refractivity contribution in [3.8, 4) is 5.75 Å². The molecule has 0 aliphatic carbocycles. The van der Waals surface area contributed by atoms with Gasteiger partial charge in [0, 0.05) is 20.2 Å². The van der Waals surface area contributed by atoms with Gasteiger partial charge in [0.1, 0.15) is 5.75 Å². The van der Waals surface area contributed by atoms with Crippen LogP contribution in [0.2, 0.25) is 0 Å². The highest BCUT2D eigenvalue weighted by atomic mass is 16.5. The van der Waals surface area contributed by atoms with Gasteiger partial charge in [-0.2, -0.15) is 0 Å². The standard InChI is InChI=1S/C14H23N3O2/c1-3-15-14(17-9-10-19-2)16-8-7-12-5-4-6-13(18)11-12/h4-6,11,18H,3,7-10H2,1-2H3,(H2,15,16,17). The van der Waals surface area contributed by atoms with Crippen molar-refractivity contribution in [3.05, 3.63) is 29.8 Å². The van der Waals surface area contributed by atoms with Crippen LogP contribution in [0.25, 0.3) is 0 Å². The molecular weight excluding hydrogens is 242 g/mol. The van der Waals surface area contributed by atoms with Gasteiger partial charge in [-0.1, -0.05) is 12.1 Å². The summed E-state index contributed by atoms with van der Waals surface area (Å²) in [6.07, 6.45) is 0.836. The molecule has 0 saturated carbocycles. The monoisotopic (exact) mass is 265 g/mol. The Hall–Kier alpha value is -1.75. The first-order chi connectivity index (χ1) is 9.26. The zero-order valence-corrected chi connectivity index (χ0v) is 11.6. The van der Waals surface area contributed by atoms with E-state index in [0.717, 1.165) is 31.0 Å². The van der Waals surface area contributed by atoms with E-state index in [0.29, 0.717) is 18.9 Å². The maximum absolute atomic E-state index is 9.38. The molecule has 0 bridgehead atoms. The van der Waals surface area contributed by atoms with E-state index in [1.807, 2.05) is 19.1 Å². The van der Waals surface area contributed by atoms with E-state index < -0.39 is 0 Å². The number of nitrogens with one attached hydrogen (secondary N) is 2. The lowest BCUT2D eigenvalue weighted by molar-refractivity contribution is 0.208. The minimum atomic E-state index is 0.304. The van der Waals surface area contributed by atoms with Gasteiger partial charge in [-0.3, -0.25) is 4.99 Å². The topological polar surface area (TPSA) is 65.9 Å². The van der Waals surface area contributed by atoms with Crippen molar-refractivity contribution in [1.82, 2.24) is 10.6 Å². The molecule has 0 unspecified atom stereocenters. The van der Waals surface area contributed by atoms with Crippen LogP contribution in [0.3, 0.4) is 0 Å². The lowest BCUT2D eigenvalue weighted by atomic mass is 10.1. The summed E-state index contributed by atoms with van der Waals surface area (Å²) < 4.78 is 4.97. The van der Waals surface area contributed by atoms with Gasteiger partial charge in [-0.25, -0.2) is 0 Å². The highest BCUT2D eigenvalue weighted by Crippen LogP contribution is 2.10. The zero-order valence-electron chi connectivity index (χ0n) is 11.6. The molecule has 0 amide bonds. The van der Waals surface area contributed by atoms with E-state index >= 15 is 0 Å². The average molecular weight is 265 g/mol. The quantitative estimate of drug-likeness (QED) is 0.393. The second kappa shape index (κ2) is 9.22. The van der Waals surface area contributed by atoms with Gasteiger partial charge in [0.25, 0.3) is 0 Å². The summed E-state index contributed by atoms with van der Waals surface area (Å²) in [7, 11) is 1.66. The molecular formula is C14H23N3O2. The fraction of sp³-hybridized carbons (Fsp3) is 0.500. The summed E-state index contributed by atoms with van der Waals surface area (Å²) >= 11 is 0. The van der Waals surface area contributed by atoms with Crippen molar-refractivity contribution in [2.75, 3.05) is 33.4 Å². The van der Waals surface area contributed by atoms with E-state index in [1.54, 1.807) is 19.2 Å². The van der Waals surface area contributed by atoms with Crippen LogP contribution in [0.15, 0.2) is 29.3 Å². The Morgan fingerprint density at radius 1 is 1.37 bits per heavy atom. The van der Waals surface area contributed by atoms with E-state index in [4.69, 9.17) is 4.74 Å². The first-order valence-corrected chi connectivity index (χ1v) is 6.55. The summed E-state index contributed by atoms with van der Waals surface area (Å²) in [5.41, 5.74) is 1.10. The first kappa shape index (κ1) is 15.3. The summed E-state index contributed by atoms with van der Waals surface area (Å²) in [4.78, 5) is 4.37. The Kier molecular flexibility index (Phi) is 7.43. The van der Waals surface area contributed by atoms with Crippen molar-refractivity contribution < 1.29 is 9.84 Å². The van der Waals surface area contributed by atoms with Gasteiger partial charge in [0.15, 0.2) is 5.96 Å². The van der Waals surface area contributed by atoms with Gasteiger partial charge in [-0.15, -0.1) is 0 Å². The maximum Gasteiger partial charge on any atom is 0.191 e.